The zero-order valence-electron chi connectivity index (χ0n) is 10.9. The third-order valence-corrected chi connectivity index (χ3v) is 3.98. The predicted octanol–water partition coefficient (Wildman–Crippen LogP) is 4.03. The number of hydrogen-bond acceptors (Lipinski definition) is 3. The fourth-order valence-corrected chi connectivity index (χ4v) is 2.40. The molecule has 0 fully saturated rings. The standard InChI is InChI=1S/C15H14INO2S/c1-20-14-4-2-3-12(9-14)17-15(18)10-19-13-7-5-11(16)6-8-13/h2-9H,10H2,1H3,(H,17,18). The van der Waals surface area contributed by atoms with E-state index in [1.165, 1.54) is 0 Å². The quantitative estimate of drug-likeness (QED) is 0.610. The second-order valence-corrected chi connectivity index (χ2v) is 6.15. The van der Waals surface area contributed by atoms with Crippen LogP contribution in [0.4, 0.5) is 5.69 Å². The maximum atomic E-state index is 11.8. The van der Waals surface area contributed by atoms with Gasteiger partial charge in [-0.1, -0.05) is 6.07 Å². The second-order valence-electron chi connectivity index (χ2n) is 4.02. The van der Waals surface area contributed by atoms with Gasteiger partial charge in [0, 0.05) is 14.2 Å². The first-order valence-corrected chi connectivity index (χ1v) is 8.30. The first-order valence-electron chi connectivity index (χ1n) is 5.99. The Bertz CT molecular complexity index is 587. The molecular weight excluding hydrogens is 385 g/mol. The average molecular weight is 399 g/mol. The molecule has 3 nitrogen and oxygen atoms in total. The molecule has 0 heterocycles. The summed E-state index contributed by atoms with van der Waals surface area (Å²) in [6.45, 7) is 0.00406. The first-order chi connectivity index (χ1) is 9.67. The van der Waals surface area contributed by atoms with Crippen LogP contribution in [0.3, 0.4) is 0 Å². The third kappa shape index (κ3) is 4.72. The van der Waals surface area contributed by atoms with Crippen LogP contribution in [0.15, 0.2) is 53.4 Å². The third-order valence-electron chi connectivity index (χ3n) is 2.54. The van der Waals surface area contributed by atoms with Gasteiger partial charge in [0.05, 0.1) is 0 Å². The summed E-state index contributed by atoms with van der Waals surface area (Å²) in [5.41, 5.74) is 0.785. The molecule has 0 atom stereocenters. The van der Waals surface area contributed by atoms with E-state index in [-0.39, 0.29) is 12.5 Å². The van der Waals surface area contributed by atoms with Crippen LogP contribution in [-0.4, -0.2) is 18.8 Å². The van der Waals surface area contributed by atoms with Gasteiger partial charge in [-0.3, -0.25) is 4.79 Å². The molecule has 0 aromatic heterocycles. The fourth-order valence-electron chi connectivity index (χ4n) is 1.58. The van der Waals surface area contributed by atoms with Crippen molar-refractivity contribution in [3.8, 4) is 5.75 Å². The summed E-state index contributed by atoms with van der Waals surface area (Å²) < 4.78 is 6.56. The van der Waals surface area contributed by atoms with Gasteiger partial charge in [-0.2, -0.15) is 0 Å². The zero-order chi connectivity index (χ0) is 14.4. The number of hydrogen-bond donors (Lipinski definition) is 1. The molecule has 20 heavy (non-hydrogen) atoms. The van der Waals surface area contributed by atoms with Crippen molar-refractivity contribution in [2.24, 2.45) is 0 Å². The predicted molar refractivity (Wildman–Crippen MR) is 91.5 cm³/mol. The lowest BCUT2D eigenvalue weighted by molar-refractivity contribution is -0.118. The smallest absolute Gasteiger partial charge is 0.262 e. The molecule has 1 amide bonds. The van der Waals surface area contributed by atoms with E-state index in [9.17, 15) is 4.79 Å². The number of carbonyl (C=O) groups excluding carboxylic acids is 1. The number of rotatable bonds is 5. The lowest BCUT2D eigenvalue weighted by Crippen LogP contribution is -2.20. The van der Waals surface area contributed by atoms with Gasteiger partial charge in [0.25, 0.3) is 5.91 Å². The van der Waals surface area contributed by atoms with Crippen LogP contribution in [-0.2, 0) is 4.79 Å². The highest BCUT2D eigenvalue weighted by atomic mass is 127. The first kappa shape index (κ1) is 15.2. The molecule has 2 aromatic rings. The van der Waals surface area contributed by atoms with Gasteiger partial charge in [-0.15, -0.1) is 11.8 Å². The molecule has 0 saturated carbocycles. The van der Waals surface area contributed by atoms with Gasteiger partial charge in [0.1, 0.15) is 5.75 Å². The van der Waals surface area contributed by atoms with Gasteiger partial charge < -0.3 is 10.1 Å². The van der Waals surface area contributed by atoms with Gasteiger partial charge >= 0.3 is 0 Å². The highest BCUT2D eigenvalue weighted by molar-refractivity contribution is 14.1. The van der Waals surface area contributed by atoms with Crippen LogP contribution in [0, 0.1) is 3.57 Å². The summed E-state index contributed by atoms with van der Waals surface area (Å²) in [7, 11) is 0. The largest absolute Gasteiger partial charge is 0.484 e. The maximum absolute atomic E-state index is 11.8. The summed E-state index contributed by atoms with van der Waals surface area (Å²) in [6, 6.07) is 15.3. The Morgan fingerprint density at radius 1 is 1.25 bits per heavy atom. The monoisotopic (exact) mass is 399 g/mol. The Kier molecular flexibility index (Phi) is 5.72. The van der Waals surface area contributed by atoms with E-state index < -0.39 is 0 Å². The van der Waals surface area contributed by atoms with E-state index in [2.05, 4.69) is 27.9 Å². The number of ether oxygens (including phenoxy) is 1. The molecule has 104 valence electrons. The van der Waals surface area contributed by atoms with Crippen LogP contribution in [0.2, 0.25) is 0 Å². The molecule has 0 saturated heterocycles. The lowest BCUT2D eigenvalue weighted by atomic mass is 10.3. The highest BCUT2D eigenvalue weighted by Gasteiger charge is 2.04. The SMILES string of the molecule is CSc1cccc(NC(=O)COc2ccc(I)cc2)c1. The number of thioether (sulfide) groups is 1. The Hall–Kier alpha value is -1.21. The number of amides is 1. The number of anilines is 1. The molecular formula is C15H14INO2S. The number of halogens is 1. The number of nitrogens with one attached hydrogen (secondary N) is 1. The van der Waals surface area contributed by atoms with Crippen molar-refractivity contribution in [1.82, 2.24) is 0 Å². The molecule has 0 aliphatic rings. The van der Waals surface area contributed by atoms with E-state index in [0.717, 1.165) is 14.2 Å². The van der Waals surface area contributed by atoms with Crippen molar-refractivity contribution in [3.05, 3.63) is 52.1 Å². The van der Waals surface area contributed by atoms with E-state index in [0.29, 0.717) is 5.75 Å². The van der Waals surface area contributed by atoms with Crippen LogP contribution >= 0.6 is 34.4 Å². The van der Waals surface area contributed by atoms with Crippen LogP contribution in [0.25, 0.3) is 0 Å². The van der Waals surface area contributed by atoms with Crippen LogP contribution in [0.5, 0.6) is 5.75 Å². The Labute approximate surface area is 136 Å². The molecule has 0 bridgehead atoms. The lowest BCUT2D eigenvalue weighted by Gasteiger charge is -2.08. The normalized spacial score (nSPS) is 10.1. The molecule has 0 aliphatic carbocycles. The second kappa shape index (κ2) is 7.54. The van der Waals surface area contributed by atoms with Crippen molar-refractivity contribution in [1.29, 1.82) is 0 Å². The van der Waals surface area contributed by atoms with Crippen molar-refractivity contribution in [2.75, 3.05) is 18.2 Å². The molecule has 0 spiro atoms. The molecule has 0 aliphatic heterocycles. The van der Waals surface area contributed by atoms with Gasteiger partial charge in [-0.25, -0.2) is 0 Å². The van der Waals surface area contributed by atoms with Crippen molar-refractivity contribution < 1.29 is 9.53 Å². The molecule has 0 unspecified atom stereocenters. The van der Waals surface area contributed by atoms with Crippen molar-refractivity contribution in [3.63, 3.8) is 0 Å². The van der Waals surface area contributed by atoms with Crippen molar-refractivity contribution >= 4 is 45.9 Å². The van der Waals surface area contributed by atoms with Crippen LogP contribution in [0.1, 0.15) is 0 Å². The minimum atomic E-state index is -0.165. The van der Waals surface area contributed by atoms with E-state index >= 15 is 0 Å². The minimum Gasteiger partial charge on any atom is -0.484 e. The maximum Gasteiger partial charge on any atom is 0.262 e. The average Bonchev–Trinajstić information content (AvgIpc) is 2.47. The Morgan fingerprint density at radius 2 is 2.00 bits per heavy atom. The van der Waals surface area contributed by atoms with E-state index in [1.54, 1.807) is 11.8 Å². The van der Waals surface area contributed by atoms with Crippen molar-refractivity contribution in [2.45, 2.75) is 4.90 Å². The van der Waals surface area contributed by atoms with Gasteiger partial charge in [-0.05, 0) is 71.3 Å². The van der Waals surface area contributed by atoms with E-state index in [4.69, 9.17) is 4.74 Å². The van der Waals surface area contributed by atoms with Gasteiger partial charge in [0.15, 0.2) is 6.61 Å². The summed E-state index contributed by atoms with van der Waals surface area (Å²) >= 11 is 3.86. The molecule has 1 N–H and O–H groups in total. The molecule has 2 rings (SSSR count). The number of benzene rings is 2. The summed E-state index contributed by atoms with van der Waals surface area (Å²) in [6.07, 6.45) is 2.00. The summed E-state index contributed by atoms with van der Waals surface area (Å²) in [5.74, 6) is 0.528. The highest BCUT2D eigenvalue weighted by Crippen LogP contribution is 2.19. The minimum absolute atomic E-state index is 0.00406. The fraction of sp³-hybridized carbons (Fsp3) is 0.133. The molecule has 2 aromatic carbocycles. The van der Waals surface area contributed by atoms with Crippen LogP contribution < -0.4 is 10.1 Å². The van der Waals surface area contributed by atoms with Gasteiger partial charge in [0.2, 0.25) is 0 Å². The topological polar surface area (TPSA) is 38.3 Å². The zero-order valence-corrected chi connectivity index (χ0v) is 13.9. The molecule has 5 heteroatoms. The van der Waals surface area contributed by atoms with E-state index in [1.807, 2.05) is 54.8 Å². The number of carbonyl (C=O) groups is 1. The Balaban J connectivity index is 1.87. The summed E-state index contributed by atoms with van der Waals surface area (Å²) in [5, 5.41) is 2.82. The Morgan fingerprint density at radius 3 is 2.70 bits per heavy atom. The molecule has 0 radical (unpaired) electrons. The summed E-state index contributed by atoms with van der Waals surface area (Å²) in [4.78, 5) is 12.9.